The van der Waals surface area contributed by atoms with Crippen molar-refractivity contribution < 1.29 is 19.1 Å². The Morgan fingerprint density at radius 3 is 2.85 bits per heavy atom. The van der Waals surface area contributed by atoms with Crippen LogP contribution in [-0.2, 0) is 9.53 Å². The Labute approximate surface area is 151 Å². The van der Waals surface area contributed by atoms with Gasteiger partial charge in [-0.1, -0.05) is 12.1 Å². The lowest BCUT2D eigenvalue weighted by Crippen LogP contribution is -2.30. The van der Waals surface area contributed by atoms with E-state index in [9.17, 15) is 9.59 Å². The smallest absolute Gasteiger partial charge is 0.262 e. The second-order valence-corrected chi connectivity index (χ2v) is 6.32. The summed E-state index contributed by atoms with van der Waals surface area (Å²) in [6.45, 7) is 3.05. The molecule has 2 amide bonds. The van der Waals surface area contributed by atoms with Gasteiger partial charge in [0.2, 0.25) is 0 Å². The molecule has 0 bridgehead atoms. The van der Waals surface area contributed by atoms with E-state index in [0.717, 1.165) is 18.5 Å². The second kappa shape index (κ2) is 6.80. The highest BCUT2D eigenvalue weighted by molar-refractivity contribution is 6.10. The largest absolute Gasteiger partial charge is 0.454 e. The lowest BCUT2D eigenvalue weighted by atomic mass is 10.1. The molecule has 6 heteroatoms. The molecule has 2 aliphatic rings. The molecule has 2 aromatic carbocycles. The Balaban J connectivity index is 1.66. The molecule has 1 N–H and O–H groups in total. The maximum Gasteiger partial charge on any atom is 0.262 e. The van der Waals surface area contributed by atoms with Gasteiger partial charge in [-0.15, -0.1) is 0 Å². The summed E-state index contributed by atoms with van der Waals surface area (Å²) >= 11 is 0. The third-order valence-corrected chi connectivity index (χ3v) is 4.64. The number of nitrogens with zero attached hydrogens (tertiary/aromatic N) is 1. The number of amides is 2. The van der Waals surface area contributed by atoms with Gasteiger partial charge >= 0.3 is 0 Å². The highest BCUT2D eigenvalue weighted by Crippen LogP contribution is 2.39. The van der Waals surface area contributed by atoms with Crippen molar-refractivity contribution in [1.29, 1.82) is 0 Å². The van der Waals surface area contributed by atoms with Gasteiger partial charge in [-0.25, -0.2) is 0 Å². The number of benzene rings is 2. The van der Waals surface area contributed by atoms with Crippen LogP contribution in [0.4, 0.5) is 11.4 Å². The number of anilines is 2. The molecule has 1 atom stereocenters. The first-order valence-electron chi connectivity index (χ1n) is 8.82. The topological polar surface area (TPSA) is 67.9 Å². The van der Waals surface area contributed by atoms with E-state index >= 15 is 0 Å². The predicted octanol–water partition coefficient (Wildman–Crippen LogP) is 3.58. The van der Waals surface area contributed by atoms with Crippen molar-refractivity contribution >= 4 is 23.2 Å². The monoisotopic (exact) mass is 352 g/mol. The Kier molecular flexibility index (Phi) is 4.34. The van der Waals surface area contributed by atoms with Crippen LogP contribution >= 0.6 is 0 Å². The molecule has 6 nitrogen and oxygen atoms in total. The van der Waals surface area contributed by atoms with Crippen LogP contribution in [0, 0.1) is 0 Å². The summed E-state index contributed by atoms with van der Waals surface area (Å²) in [5.74, 6) is 0.784. The molecule has 0 aliphatic carbocycles. The van der Waals surface area contributed by atoms with E-state index in [1.165, 1.54) is 0 Å². The number of nitrogens with one attached hydrogen (secondary N) is 1. The Bertz CT molecular complexity index is 859. The lowest BCUT2D eigenvalue weighted by molar-refractivity contribution is -0.124. The molecule has 4 rings (SSSR count). The van der Waals surface area contributed by atoms with E-state index in [4.69, 9.17) is 9.47 Å². The fourth-order valence-electron chi connectivity index (χ4n) is 3.32. The van der Waals surface area contributed by atoms with Crippen molar-refractivity contribution in [3.63, 3.8) is 0 Å². The van der Waals surface area contributed by atoms with Crippen LogP contribution < -0.4 is 15.0 Å². The van der Waals surface area contributed by atoms with Crippen molar-refractivity contribution in [2.75, 3.05) is 23.4 Å². The van der Waals surface area contributed by atoms with E-state index in [1.54, 1.807) is 23.1 Å². The zero-order chi connectivity index (χ0) is 18.1. The number of para-hydroxylation sites is 2. The Morgan fingerprint density at radius 1 is 1.23 bits per heavy atom. The number of carbonyl (C=O) groups excluding carboxylic acids is 2. The second-order valence-electron chi connectivity index (χ2n) is 6.32. The number of fused-ring (bicyclic) bond motifs is 2. The van der Waals surface area contributed by atoms with E-state index < -0.39 is 6.10 Å². The summed E-state index contributed by atoms with van der Waals surface area (Å²) in [6.07, 6.45) is 1.19. The molecule has 0 radical (unpaired) electrons. The van der Waals surface area contributed by atoms with Gasteiger partial charge in [-0.2, -0.15) is 0 Å². The van der Waals surface area contributed by atoms with Crippen LogP contribution in [0.2, 0.25) is 0 Å². The molecule has 1 saturated heterocycles. The minimum Gasteiger partial charge on any atom is -0.454 e. The quantitative estimate of drug-likeness (QED) is 0.917. The molecule has 2 aromatic rings. The third kappa shape index (κ3) is 2.93. The average Bonchev–Trinajstić information content (AvgIpc) is 3.16. The van der Waals surface area contributed by atoms with Gasteiger partial charge in [0.05, 0.1) is 11.3 Å². The van der Waals surface area contributed by atoms with Crippen LogP contribution in [0.1, 0.15) is 30.1 Å². The van der Waals surface area contributed by atoms with Gasteiger partial charge in [0, 0.05) is 18.8 Å². The summed E-state index contributed by atoms with van der Waals surface area (Å²) in [7, 11) is 0. The summed E-state index contributed by atoms with van der Waals surface area (Å²) in [5.41, 5.74) is 1.72. The summed E-state index contributed by atoms with van der Waals surface area (Å²) in [4.78, 5) is 27.0. The van der Waals surface area contributed by atoms with Gasteiger partial charge < -0.3 is 19.7 Å². The fourth-order valence-corrected chi connectivity index (χ4v) is 3.32. The summed E-state index contributed by atoms with van der Waals surface area (Å²) in [5, 5.41) is 2.84. The number of rotatable bonds is 3. The molecule has 2 aliphatic heterocycles. The molecule has 1 unspecified atom stereocenters. The standard InChI is InChI=1S/C20H20N2O4/c1-2-22-15-6-3-4-7-17(15)26-16-10-9-13(12-14(16)20(22)24)21-19(23)18-8-5-11-25-18/h3-4,6-7,9-10,12,18H,2,5,8,11H2,1H3,(H,21,23). The van der Waals surface area contributed by atoms with Crippen molar-refractivity contribution in [2.45, 2.75) is 25.9 Å². The predicted molar refractivity (Wildman–Crippen MR) is 97.9 cm³/mol. The first kappa shape index (κ1) is 16.6. The third-order valence-electron chi connectivity index (χ3n) is 4.64. The Morgan fingerprint density at radius 2 is 2.08 bits per heavy atom. The van der Waals surface area contributed by atoms with Crippen molar-refractivity contribution in [3.05, 3.63) is 48.0 Å². The highest BCUT2D eigenvalue weighted by Gasteiger charge is 2.28. The maximum atomic E-state index is 13.0. The fraction of sp³-hybridized carbons (Fsp3) is 0.300. The summed E-state index contributed by atoms with van der Waals surface area (Å²) < 4.78 is 11.4. The number of ether oxygens (including phenoxy) is 2. The molecular formula is C20H20N2O4. The molecule has 2 heterocycles. The van der Waals surface area contributed by atoms with E-state index in [0.29, 0.717) is 35.9 Å². The molecule has 0 saturated carbocycles. The van der Waals surface area contributed by atoms with Crippen molar-refractivity contribution in [2.24, 2.45) is 0 Å². The van der Waals surface area contributed by atoms with Crippen molar-refractivity contribution in [3.8, 4) is 11.5 Å². The minimum atomic E-state index is -0.419. The first-order chi connectivity index (χ1) is 12.7. The lowest BCUT2D eigenvalue weighted by Gasteiger charge is -2.20. The van der Waals surface area contributed by atoms with Crippen LogP contribution in [0.3, 0.4) is 0 Å². The molecule has 0 aromatic heterocycles. The average molecular weight is 352 g/mol. The van der Waals surface area contributed by atoms with Gasteiger partial charge in [-0.3, -0.25) is 9.59 Å². The van der Waals surface area contributed by atoms with E-state index in [-0.39, 0.29) is 11.8 Å². The molecule has 26 heavy (non-hydrogen) atoms. The zero-order valence-electron chi connectivity index (χ0n) is 14.5. The normalized spacial score (nSPS) is 18.6. The zero-order valence-corrected chi connectivity index (χ0v) is 14.5. The minimum absolute atomic E-state index is 0.152. The first-order valence-corrected chi connectivity index (χ1v) is 8.82. The Hall–Kier alpha value is -2.86. The van der Waals surface area contributed by atoms with Gasteiger partial charge in [-0.05, 0) is 50.1 Å². The van der Waals surface area contributed by atoms with Gasteiger partial charge in [0.25, 0.3) is 11.8 Å². The maximum absolute atomic E-state index is 13.0. The highest BCUT2D eigenvalue weighted by atomic mass is 16.5. The van der Waals surface area contributed by atoms with Crippen LogP contribution in [0.25, 0.3) is 0 Å². The van der Waals surface area contributed by atoms with E-state index in [2.05, 4.69) is 5.32 Å². The molecule has 1 fully saturated rings. The number of hydrogen-bond acceptors (Lipinski definition) is 4. The van der Waals surface area contributed by atoms with Crippen molar-refractivity contribution in [1.82, 2.24) is 0 Å². The summed E-state index contributed by atoms with van der Waals surface area (Å²) in [6, 6.07) is 12.6. The molecule has 134 valence electrons. The molecular weight excluding hydrogens is 332 g/mol. The van der Waals surface area contributed by atoms with Gasteiger partial charge in [0.1, 0.15) is 11.9 Å². The molecule has 0 spiro atoms. The SMILES string of the molecule is CCN1C(=O)c2cc(NC(=O)C3CCCO3)ccc2Oc2ccccc21. The van der Waals surface area contributed by atoms with E-state index in [1.807, 2.05) is 31.2 Å². The van der Waals surface area contributed by atoms with Gasteiger partial charge in [0.15, 0.2) is 5.75 Å². The number of carbonyl (C=O) groups is 2. The van der Waals surface area contributed by atoms with Crippen LogP contribution in [0.5, 0.6) is 11.5 Å². The number of hydrogen-bond donors (Lipinski definition) is 1. The van der Waals surface area contributed by atoms with Crippen LogP contribution in [0.15, 0.2) is 42.5 Å². The van der Waals surface area contributed by atoms with Crippen LogP contribution in [-0.4, -0.2) is 31.1 Å².